The second-order valence-electron chi connectivity index (χ2n) is 4.39. The Morgan fingerprint density at radius 1 is 1.44 bits per heavy atom. The van der Waals surface area contributed by atoms with Gasteiger partial charge in [-0.05, 0) is 35.4 Å². The van der Waals surface area contributed by atoms with Crippen molar-refractivity contribution >= 4 is 38.2 Å². The molecule has 1 fully saturated rings. The Kier molecular flexibility index (Phi) is 4.10. The maximum absolute atomic E-state index is 11.5. The van der Waals surface area contributed by atoms with Crippen molar-refractivity contribution in [2.24, 2.45) is 0 Å². The topological polar surface area (TPSA) is 72.0 Å². The van der Waals surface area contributed by atoms with Crippen molar-refractivity contribution in [3.63, 3.8) is 0 Å². The molecule has 1 aliphatic rings. The molecule has 1 N–H and O–H groups in total. The molecule has 1 aliphatic heterocycles. The van der Waals surface area contributed by atoms with Crippen LogP contribution in [0.15, 0.2) is 0 Å². The van der Waals surface area contributed by atoms with Crippen LogP contribution in [0.25, 0.3) is 0 Å². The van der Waals surface area contributed by atoms with Crippen LogP contribution in [0.2, 0.25) is 0 Å². The monoisotopic (exact) mass is 381 g/mol. The van der Waals surface area contributed by atoms with Crippen molar-refractivity contribution in [1.29, 1.82) is 0 Å². The van der Waals surface area contributed by atoms with Crippen LogP contribution in [0, 0.1) is 3.57 Å². The summed E-state index contributed by atoms with van der Waals surface area (Å²) >= 11 is 2.22. The van der Waals surface area contributed by atoms with E-state index < -0.39 is 9.84 Å². The number of rotatable bonds is 3. The van der Waals surface area contributed by atoms with Crippen molar-refractivity contribution < 1.29 is 8.42 Å². The number of aromatic nitrogens is 2. The molecule has 0 bridgehead atoms. The Hall–Kier alpha value is -0.440. The quantitative estimate of drug-likeness (QED) is 0.806. The van der Waals surface area contributed by atoms with Crippen LogP contribution in [0.1, 0.15) is 30.8 Å². The van der Waals surface area contributed by atoms with Gasteiger partial charge < -0.3 is 5.32 Å². The van der Waals surface area contributed by atoms with Gasteiger partial charge in [-0.2, -0.15) is 0 Å². The number of nitrogens with zero attached hydrogens (tertiary/aromatic N) is 2. The van der Waals surface area contributed by atoms with Gasteiger partial charge in [-0.25, -0.2) is 18.4 Å². The molecule has 0 saturated carbocycles. The Balaban J connectivity index is 2.40. The van der Waals surface area contributed by atoms with Crippen LogP contribution >= 0.6 is 22.6 Å². The van der Waals surface area contributed by atoms with Gasteiger partial charge in [-0.3, -0.25) is 0 Å². The minimum atomic E-state index is -2.90. The molecule has 18 heavy (non-hydrogen) atoms. The average molecular weight is 381 g/mol. The largest absolute Gasteiger partial charge is 0.372 e. The molecular formula is C11H16IN3O2S. The van der Waals surface area contributed by atoms with E-state index in [9.17, 15) is 8.42 Å². The zero-order valence-electron chi connectivity index (χ0n) is 10.4. The fourth-order valence-electron chi connectivity index (χ4n) is 2.09. The van der Waals surface area contributed by atoms with Gasteiger partial charge in [0.05, 0.1) is 20.8 Å². The highest BCUT2D eigenvalue weighted by molar-refractivity contribution is 14.1. The first-order valence-electron chi connectivity index (χ1n) is 5.91. The maximum atomic E-state index is 11.5. The van der Waals surface area contributed by atoms with E-state index in [1.165, 1.54) is 0 Å². The highest BCUT2D eigenvalue weighted by Crippen LogP contribution is 2.29. The van der Waals surface area contributed by atoms with Gasteiger partial charge in [0.15, 0.2) is 9.84 Å². The van der Waals surface area contributed by atoms with E-state index in [1.807, 2.05) is 14.0 Å². The number of nitrogens with one attached hydrogen (secondary N) is 1. The lowest BCUT2D eigenvalue weighted by Crippen LogP contribution is -2.12. The number of hydrogen-bond acceptors (Lipinski definition) is 5. The molecule has 1 atom stereocenters. The summed E-state index contributed by atoms with van der Waals surface area (Å²) in [5, 5.41) is 3.05. The van der Waals surface area contributed by atoms with E-state index in [2.05, 4.69) is 37.9 Å². The summed E-state index contributed by atoms with van der Waals surface area (Å²) in [7, 11) is -1.08. The number of hydrogen-bond donors (Lipinski definition) is 1. The summed E-state index contributed by atoms with van der Waals surface area (Å²) in [5.41, 5.74) is 0.981. The summed E-state index contributed by atoms with van der Waals surface area (Å²) < 4.78 is 24.1. The molecule has 2 rings (SSSR count). The standard InChI is InChI=1S/C11H16IN3O2S/c1-3-8-9(12)11(13-2)15-10(14-8)7-4-5-18(16,17)6-7/h7H,3-6H2,1-2H3,(H,13,14,15). The lowest BCUT2D eigenvalue weighted by Gasteiger charge is -2.12. The van der Waals surface area contributed by atoms with Crippen molar-refractivity contribution in [2.45, 2.75) is 25.7 Å². The van der Waals surface area contributed by atoms with Crippen molar-refractivity contribution in [1.82, 2.24) is 9.97 Å². The predicted octanol–water partition coefficient (Wildman–Crippen LogP) is 1.59. The fourth-order valence-corrected chi connectivity index (χ4v) is 4.73. The van der Waals surface area contributed by atoms with Gasteiger partial charge in [0, 0.05) is 13.0 Å². The molecule has 0 aliphatic carbocycles. The second-order valence-corrected chi connectivity index (χ2v) is 7.70. The van der Waals surface area contributed by atoms with Crippen molar-refractivity contribution in [3.8, 4) is 0 Å². The third-order valence-corrected chi connectivity index (χ3v) is 6.01. The Bertz CT molecular complexity index is 534. The lowest BCUT2D eigenvalue weighted by atomic mass is 10.1. The summed E-state index contributed by atoms with van der Waals surface area (Å²) in [6.45, 7) is 2.04. The highest BCUT2D eigenvalue weighted by Gasteiger charge is 2.31. The summed E-state index contributed by atoms with van der Waals surface area (Å²) in [4.78, 5) is 8.98. The van der Waals surface area contributed by atoms with Crippen molar-refractivity contribution in [3.05, 3.63) is 15.1 Å². The van der Waals surface area contributed by atoms with Crippen LogP contribution in [-0.2, 0) is 16.3 Å². The Labute approximate surface area is 121 Å². The SMILES string of the molecule is CCc1nc(C2CCS(=O)(=O)C2)nc(NC)c1I. The van der Waals surface area contributed by atoms with Crippen LogP contribution in [0.4, 0.5) is 5.82 Å². The van der Waals surface area contributed by atoms with E-state index in [0.29, 0.717) is 12.2 Å². The summed E-state index contributed by atoms with van der Waals surface area (Å²) in [6.07, 6.45) is 1.46. The molecule has 0 amide bonds. The van der Waals surface area contributed by atoms with E-state index in [0.717, 1.165) is 21.5 Å². The molecule has 1 saturated heterocycles. The molecule has 0 aromatic carbocycles. The third-order valence-electron chi connectivity index (χ3n) is 3.11. The molecule has 1 aromatic rings. The Morgan fingerprint density at radius 3 is 2.67 bits per heavy atom. The molecule has 1 unspecified atom stereocenters. The van der Waals surface area contributed by atoms with Gasteiger partial charge in [0.1, 0.15) is 11.6 Å². The molecule has 5 nitrogen and oxygen atoms in total. The zero-order chi connectivity index (χ0) is 13.3. The molecule has 2 heterocycles. The lowest BCUT2D eigenvalue weighted by molar-refractivity contribution is 0.601. The van der Waals surface area contributed by atoms with Gasteiger partial charge >= 0.3 is 0 Å². The first kappa shape index (κ1) is 14.0. The molecule has 1 aromatic heterocycles. The minimum absolute atomic E-state index is 0.0515. The third kappa shape index (κ3) is 2.76. The number of aryl methyl sites for hydroxylation is 1. The molecule has 100 valence electrons. The van der Waals surface area contributed by atoms with Crippen LogP contribution in [-0.4, -0.2) is 36.9 Å². The smallest absolute Gasteiger partial charge is 0.151 e. The second kappa shape index (κ2) is 5.28. The minimum Gasteiger partial charge on any atom is -0.372 e. The predicted molar refractivity (Wildman–Crippen MR) is 79.7 cm³/mol. The fraction of sp³-hybridized carbons (Fsp3) is 0.636. The van der Waals surface area contributed by atoms with E-state index in [4.69, 9.17) is 0 Å². The first-order chi connectivity index (χ1) is 8.46. The van der Waals surface area contributed by atoms with E-state index >= 15 is 0 Å². The van der Waals surface area contributed by atoms with Crippen molar-refractivity contribution in [2.75, 3.05) is 23.9 Å². The highest BCUT2D eigenvalue weighted by atomic mass is 127. The number of halogens is 1. The van der Waals surface area contributed by atoms with Gasteiger partial charge in [0.25, 0.3) is 0 Å². The average Bonchev–Trinajstić information content (AvgIpc) is 2.70. The van der Waals surface area contributed by atoms with Crippen LogP contribution in [0.3, 0.4) is 0 Å². The van der Waals surface area contributed by atoms with Gasteiger partial charge in [0.2, 0.25) is 0 Å². The van der Waals surface area contributed by atoms with Crippen LogP contribution in [0.5, 0.6) is 0 Å². The van der Waals surface area contributed by atoms with E-state index in [1.54, 1.807) is 0 Å². The zero-order valence-corrected chi connectivity index (χ0v) is 13.4. The first-order valence-corrected chi connectivity index (χ1v) is 8.81. The molecule has 0 spiro atoms. The molecular weight excluding hydrogens is 365 g/mol. The summed E-state index contributed by atoms with van der Waals surface area (Å²) in [6, 6.07) is 0. The number of sulfone groups is 1. The van der Waals surface area contributed by atoms with Gasteiger partial charge in [-0.15, -0.1) is 0 Å². The van der Waals surface area contributed by atoms with Crippen LogP contribution < -0.4 is 5.32 Å². The maximum Gasteiger partial charge on any atom is 0.151 e. The number of anilines is 1. The van der Waals surface area contributed by atoms with E-state index in [-0.39, 0.29) is 17.4 Å². The molecule has 7 heteroatoms. The van der Waals surface area contributed by atoms with Gasteiger partial charge in [-0.1, -0.05) is 6.92 Å². The normalized spacial score (nSPS) is 22.1. The summed E-state index contributed by atoms with van der Waals surface area (Å²) in [5.74, 6) is 1.84. The molecule has 0 radical (unpaired) electrons. The Morgan fingerprint density at radius 2 is 2.17 bits per heavy atom.